The van der Waals surface area contributed by atoms with Gasteiger partial charge in [0.2, 0.25) is 0 Å². The fraction of sp³-hybridized carbons (Fsp3) is 0.250. The topological polar surface area (TPSA) is 81.0 Å². The maximum atomic E-state index is 10.6. The van der Waals surface area contributed by atoms with E-state index in [-0.39, 0.29) is 18.0 Å². The number of nitrogens with zero attached hydrogens (tertiary/aromatic N) is 1. The lowest BCUT2D eigenvalue weighted by atomic mass is 10.2. The van der Waals surface area contributed by atoms with Gasteiger partial charge >= 0.3 is 5.97 Å². The lowest BCUT2D eigenvalue weighted by Crippen LogP contribution is -2.29. The fourth-order valence-corrected chi connectivity index (χ4v) is 1.48. The molecule has 0 heterocycles. The van der Waals surface area contributed by atoms with E-state index in [0.29, 0.717) is 13.1 Å². The van der Waals surface area contributed by atoms with Gasteiger partial charge in [-0.05, 0) is 17.7 Å². The van der Waals surface area contributed by atoms with Crippen molar-refractivity contribution in [1.29, 1.82) is 0 Å². The van der Waals surface area contributed by atoms with Crippen LogP contribution < -0.4 is 0 Å². The fourth-order valence-electron chi connectivity index (χ4n) is 1.48. The number of benzene rings is 1. The molecule has 5 nitrogen and oxygen atoms in total. The van der Waals surface area contributed by atoms with Gasteiger partial charge in [0.1, 0.15) is 0 Å². The second-order valence-electron chi connectivity index (χ2n) is 3.68. The Balaban J connectivity index is 2.74. The Bertz CT molecular complexity index is 417. The van der Waals surface area contributed by atoms with Gasteiger partial charge in [0.25, 0.3) is 0 Å². The molecule has 1 aromatic carbocycles. The summed E-state index contributed by atoms with van der Waals surface area (Å²) in [5.41, 5.74) is 0.725. The molecule has 17 heavy (non-hydrogen) atoms. The molecular weight excluding hydrogens is 222 g/mol. The molecule has 0 fully saturated rings. The minimum absolute atomic E-state index is 0.104. The van der Waals surface area contributed by atoms with Crippen LogP contribution in [0.5, 0.6) is 11.5 Å². The first-order valence-electron chi connectivity index (χ1n) is 5.09. The lowest BCUT2D eigenvalue weighted by Gasteiger charge is -2.18. The summed E-state index contributed by atoms with van der Waals surface area (Å²) >= 11 is 0. The van der Waals surface area contributed by atoms with E-state index in [1.54, 1.807) is 17.0 Å². The molecule has 0 aromatic heterocycles. The number of carboxylic acids is 1. The van der Waals surface area contributed by atoms with Crippen molar-refractivity contribution in [3.63, 3.8) is 0 Å². The molecule has 0 unspecified atom stereocenters. The molecule has 0 radical (unpaired) electrons. The van der Waals surface area contributed by atoms with Crippen LogP contribution >= 0.6 is 0 Å². The number of phenolic OH excluding ortho intramolecular Hbond substituents is 2. The zero-order valence-corrected chi connectivity index (χ0v) is 9.33. The molecule has 0 saturated carbocycles. The van der Waals surface area contributed by atoms with Crippen LogP contribution in [0.15, 0.2) is 30.9 Å². The van der Waals surface area contributed by atoms with Crippen molar-refractivity contribution in [2.75, 3.05) is 13.1 Å². The van der Waals surface area contributed by atoms with Crippen LogP contribution in [0, 0.1) is 0 Å². The van der Waals surface area contributed by atoms with Crippen LogP contribution in [0.4, 0.5) is 0 Å². The van der Waals surface area contributed by atoms with E-state index in [4.69, 9.17) is 10.2 Å². The molecule has 0 saturated heterocycles. The van der Waals surface area contributed by atoms with Crippen LogP contribution in [0.1, 0.15) is 5.56 Å². The van der Waals surface area contributed by atoms with Gasteiger partial charge in [-0.1, -0.05) is 12.1 Å². The maximum absolute atomic E-state index is 10.6. The van der Waals surface area contributed by atoms with E-state index < -0.39 is 5.97 Å². The Hall–Kier alpha value is -2.01. The van der Waals surface area contributed by atoms with Crippen LogP contribution in [0.25, 0.3) is 0 Å². The number of aromatic hydroxyl groups is 2. The van der Waals surface area contributed by atoms with Crippen molar-refractivity contribution in [3.05, 3.63) is 36.4 Å². The Morgan fingerprint density at radius 1 is 1.35 bits per heavy atom. The van der Waals surface area contributed by atoms with E-state index in [1.165, 1.54) is 12.1 Å². The van der Waals surface area contributed by atoms with Gasteiger partial charge in [0, 0.05) is 13.1 Å². The predicted octanol–water partition coefficient (Wildman–Crippen LogP) is 1.17. The second-order valence-corrected chi connectivity index (χ2v) is 3.68. The Labute approximate surface area is 99.2 Å². The summed E-state index contributed by atoms with van der Waals surface area (Å²) < 4.78 is 0. The van der Waals surface area contributed by atoms with Gasteiger partial charge in [-0.15, -0.1) is 6.58 Å². The van der Waals surface area contributed by atoms with Crippen LogP contribution in [-0.4, -0.2) is 39.3 Å². The van der Waals surface area contributed by atoms with Gasteiger partial charge < -0.3 is 15.3 Å². The highest BCUT2D eigenvalue weighted by molar-refractivity contribution is 5.69. The van der Waals surface area contributed by atoms with Crippen LogP contribution in [0.3, 0.4) is 0 Å². The van der Waals surface area contributed by atoms with Crippen molar-refractivity contribution < 1.29 is 20.1 Å². The summed E-state index contributed by atoms with van der Waals surface area (Å²) in [4.78, 5) is 12.3. The quantitative estimate of drug-likeness (QED) is 0.511. The first-order chi connectivity index (χ1) is 8.02. The number of carboxylic acid groups (broad SMARTS) is 1. The standard InChI is InChI=1S/C12H15NO4/c1-2-5-13(8-12(16)17)7-9-3-4-10(14)11(15)6-9/h2-4,6,14-15H,1,5,7-8H2,(H,16,17). The van der Waals surface area contributed by atoms with Crippen LogP contribution in [0.2, 0.25) is 0 Å². The summed E-state index contributed by atoms with van der Waals surface area (Å²) in [6.07, 6.45) is 1.61. The molecule has 5 heteroatoms. The molecule has 0 aliphatic rings. The van der Waals surface area contributed by atoms with Gasteiger partial charge in [0.15, 0.2) is 11.5 Å². The highest BCUT2D eigenvalue weighted by Crippen LogP contribution is 2.25. The van der Waals surface area contributed by atoms with Gasteiger partial charge in [-0.2, -0.15) is 0 Å². The molecule has 92 valence electrons. The van der Waals surface area contributed by atoms with E-state index in [0.717, 1.165) is 5.56 Å². The number of phenols is 2. The smallest absolute Gasteiger partial charge is 0.317 e. The predicted molar refractivity (Wildman–Crippen MR) is 62.9 cm³/mol. The van der Waals surface area contributed by atoms with E-state index in [2.05, 4.69) is 6.58 Å². The van der Waals surface area contributed by atoms with Crippen molar-refractivity contribution >= 4 is 5.97 Å². The minimum Gasteiger partial charge on any atom is -0.504 e. The third-order valence-corrected chi connectivity index (χ3v) is 2.19. The number of rotatable bonds is 6. The third kappa shape index (κ3) is 4.16. The Morgan fingerprint density at radius 2 is 2.06 bits per heavy atom. The van der Waals surface area contributed by atoms with E-state index >= 15 is 0 Å². The van der Waals surface area contributed by atoms with Crippen molar-refractivity contribution in [3.8, 4) is 11.5 Å². The monoisotopic (exact) mass is 237 g/mol. The van der Waals surface area contributed by atoms with Crippen molar-refractivity contribution in [1.82, 2.24) is 4.90 Å². The lowest BCUT2D eigenvalue weighted by molar-refractivity contribution is -0.138. The van der Waals surface area contributed by atoms with Crippen LogP contribution in [-0.2, 0) is 11.3 Å². The van der Waals surface area contributed by atoms with E-state index in [9.17, 15) is 9.90 Å². The number of carbonyl (C=O) groups is 1. The summed E-state index contributed by atoms with van der Waals surface area (Å²) in [6.45, 7) is 4.26. The van der Waals surface area contributed by atoms with E-state index in [1.807, 2.05) is 0 Å². The molecule has 1 aromatic rings. The Kier molecular flexibility index (Phi) is 4.54. The van der Waals surface area contributed by atoms with Crippen molar-refractivity contribution in [2.45, 2.75) is 6.54 Å². The number of aliphatic carboxylic acids is 1. The molecule has 3 N–H and O–H groups in total. The zero-order chi connectivity index (χ0) is 12.8. The third-order valence-electron chi connectivity index (χ3n) is 2.19. The number of hydrogen-bond acceptors (Lipinski definition) is 4. The van der Waals surface area contributed by atoms with Crippen molar-refractivity contribution in [2.24, 2.45) is 0 Å². The molecule has 1 rings (SSSR count). The highest BCUT2D eigenvalue weighted by atomic mass is 16.4. The average molecular weight is 237 g/mol. The first kappa shape index (κ1) is 13.1. The van der Waals surface area contributed by atoms with Gasteiger partial charge in [0.05, 0.1) is 6.54 Å². The molecule has 0 bridgehead atoms. The average Bonchev–Trinajstić information content (AvgIpc) is 2.23. The molecule has 0 amide bonds. The second kappa shape index (κ2) is 5.91. The number of hydrogen-bond donors (Lipinski definition) is 3. The van der Waals surface area contributed by atoms with Gasteiger partial charge in [-0.3, -0.25) is 9.69 Å². The zero-order valence-electron chi connectivity index (χ0n) is 9.33. The maximum Gasteiger partial charge on any atom is 0.317 e. The molecule has 0 spiro atoms. The normalized spacial score (nSPS) is 10.4. The van der Waals surface area contributed by atoms with Gasteiger partial charge in [-0.25, -0.2) is 0 Å². The minimum atomic E-state index is -0.921. The molecule has 0 atom stereocenters. The molecule has 0 aliphatic carbocycles. The Morgan fingerprint density at radius 3 is 2.59 bits per heavy atom. The molecule has 0 aliphatic heterocycles. The highest BCUT2D eigenvalue weighted by Gasteiger charge is 2.10. The summed E-state index contributed by atoms with van der Waals surface area (Å²) in [6, 6.07) is 4.41. The summed E-state index contributed by atoms with van der Waals surface area (Å²) in [7, 11) is 0. The SMILES string of the molecule is C=CCN(CC(=O)O)Cc1ccc(O)c(O)c1. The summed E-state index contributed by atoms with van der Waals surface area (Å²) in [5.74, 6) is -1.33. The first-order valence-corrected chi connectivity index (χ1v) is 5.09. The summed E-state index contributed by atoms with van der Waals surface area (Å²) in [5, 5.41) is 27.2. The largest absolute Gasteiger partial charge is 0.504 e. The molecular formula is C12H15NO4.